The largest absolute Gasteiger partial charge is 0.419 e. The van der Waals surface area contributed by atoms with Crippen molar-refractivity contribution in [3.63, 3.8) is 0 Å². The molecule has 1 aliphatic rings. The molecule has 0 saturated carbocycles. The van der Waals surface area contributed by atoms with Crippen LogP contribution in [0.25, 0.3) is 11.5 Å². The summed E-state index contributed by atoms with van der Waals surface area (Å²) in [6.07, 6.45) is 1.26. The first kappa shape index (κ1) is 15.7. The highest BCUT2D eigenvalue weighted by atomic mass is 16.7. The van der Waals surface area contributed by atoms with Crippen LogP contribution in [0.15, 0.2) is 40.6 Å². The van der Waals surface area contributed by atoms with Gasteiger partial charge in [-0.2, -0.15) is 4.98 Å². The highest BCUT2D eigenvalue weighted by Gasteiger charge is 2.38. The van der Waals surface area contributed by atoms with E-state index in [2.05, 4.69) is 15.5 Å². The molecule has 1 saturated heterocycles. The van der Waals surface area contributed by atoms with Crippen molar-refractivity contribution in [1.29, 1.82) is 0 Å². The van der Waals surface area contributed by atoms with Crippen LogP contribution >= 0.6 is 0 Å². The first-order valence-corrected chi connectivity index (χ1v) is 7.18. The lowest BCUT2D eigenvalue weighted by atomic mass is 10.2. The molecular formula is C16H15N3O5. The SMILES string of the molecule is Cc1noc(-c2ccc(NC=C3C(=O)OC(C)(C)OC3=O)cc2)n1. The van der Waals surface area contributed by atoms with Crippen LogP contribution in [0, 0.1) is 6.92 Å². The number of hydrogen-bond acceptors (Lipinski definition) is 8. The number of cyclic esters (lactones) is 2. The molecule has 0 atom stereocenters. The van der Waals surface area contributed by atoms with Crippen LogP contribution in [0.1, 0.15) is 19.7 Å². The molecule has 3 rings (SSSR count). The summed E-state index contributed by atoms with van der Waals surface area (Å²) in [5, 5.41) is 6.58. The molecule has 1 aromatic carbocycles. The maximum atomic E-state index is 11.8. The zero-order valence-corrected chi connectivity index (χ0v) is 13.3. The Bertz CT molecular complexity index is 798. The lowest BCUT2D eigenvalue weighted by molar-refractivity contribution is -0.222. The molecule has 0 aliphatic carbocycles. The van der Waals surface area contributed by atoms with E-state index in [1.54, 1.807) is 31.2 Å². The van der Waals surface area contributed by atoms with E-state index in [-0.39, 0.29) is 5.57 Å². The third-order valence-electron chi connectivity index (χ3n) is 3.16. The summed E-state index contributed by atoms with van der Waals surface area (Å²) < 4.78 is 15.1. The minimum atomic E-state index is -1.25. The molecule has 8 heteroatoms. The molecule has 0 unspecified atom stereocenters. The number of ether oxygens (including phenoxy) is 2. The Hall–Kier alpha value is -3.16. The monoisotopic (exact) mass is 329 g/mol. The normalized spacial score (nSPS) is 16.4. The third-order valence-corrected chi connectivity index (χ3v) is 3.16. The molecule has 1 aromatic heterocycles. The number of aryl methyl sites for hydroxylation is 1. The van der Waals surface area contributed by atoms with E-state index in [9.17, 15) is 9.59 Å². The van der Waals surface area contributed by atoms with Crippen LogP contribution < -0.4 is 5.32 Å². The second kappa shape index (κ2) is 5.80. The fourth-order valence-electron chi connectivity index (χ4n) is 2.06. The topological polar surface area (TPSA) is 104 Å². The van der Waals surface area contributed by atoms with Crippen LogP contribution in [-0.4, -0.2) is 27.9 Å². The van der Waals surface area contributed by atoms with E-state index in [1.165, 1.54) is 20.0 Å². The second-order valence-electron chi connectivity index (χ2n) is 5.61. The van der Waals surface area contributed by atoms with Gasteiger partial charge in [-0.3, -0.25) is 0 Å². The Morgan fingerprint density at radius 2 is 1.71 bits per heavy atom. The maximum absolute atomic E-state index is 11.8. The molecular weight excluding hydrogens is 314 g/mol. The predicted molar refractivity (Wildman–Crippen MR) is 82.4 cm³/mol. The van der Waals surface area contributed by atoms with Crippen molar-refractivity contribution in [2.24, 2.45) is 0 Å². The first-order chi connectivity index (χ1) is 11.3. The fraction of sp³-hybridized carbons (Fsp3) is 0.250. The van der Waals surface area contributed by atoms with E-state index in [4.69, 9.17) is 14.0 Å². The number of esters is 2. The standard InChI is InChI=1S/C16H15N3O5/c1-9-18-13(24-19-9)10-4-6-11(7-5-10)17-8-12-14(20)22-16(2,3)23-15(12)21/h4-8,17H,1-3H3. The van der Waals surface area contributed by atoms with Crippen molar-refractivity contribution < 1.29 is 23.6 Å². The molecule has 0 radical (unpaired) electrons. The third kappa shape index (κ3) is 3.27. The van der Waals surface area contributed by atoms with E-state index in [0.717, 1.165) is 5.56 Å². The van der Waals surface area contributed by atoms with E-state index in [0.29, 0.717) is 17.4 Å². The quantitative estimate of drug-likeness (QED) is 0.519. The Morgan fingerprint density at radius 1 is 1.08 bits per heavy atom. The molecule has 124 valence electrons. The zero-order chi connectivity index (χ0) is 17.3. The number of hydrogen-bond donors (Lipinski definition) is 1. The van der Waals surface area contributed by atoms with Crippen molar-refractivity contribution in [1.82, 2.24) is 10.1 Å². The van der Waals surface area contributed by atoms with Crippen molar-refractivity contribution in [3.05, 3.63) is 41.9 Å². The van der Waals surface area contributed by atoms with Crippen molar-refractivity contribution in [2.45, 2.75) is 26.6 Å². The Labute approximate surface area is 137 Å². The number of benzene rings is 1. The summed E-state index contributed by atoms with van der Waals surface area (Å²) in [6, 6.07) is 7.04. The molecule has 2 aromatic rings. The Balaban J connectivity index is 1.72. The summed E-state index contributed by atoms with van der Waals surface area (Å²) >= 11 is 0. The summed E-state index contributed by atoms with van der Waals surface area (Å²) in [5.74, 6) is -1.76. The smallest absolute Gasteiger partial charge is 0.350 e. The van der Waals surface area contributed by atoms with Gasteiger partial charge in [0, 0.05) is 31.3 Å². The van der Waals surface area contributed by atoms with E-state index >= 15 is 0 Å². The molecule has 0 amide bonds. The molecule has 1 N–H and O–H groups in total. The van der Waals surface area contributed by atoms with Crippen LogP contribution in [0.5, 0.6) is 0 Å². The summed E-state index contributed by atoms with van der Waals surface area (Å²) in [6.45, 7) is 4.72. The average Bonchev–Trinajstić information content (AvgIpc) is 2.92. The van der Waals surface area contributed by atoms with Gasteiger partial charge in [0.15, 0.2) is 11.4 Å². The van der Waals surface area contributed by atoms with Gasteiger partial charge in [-0.05, 0) is 31.2 Å². The molecule has 0 bridgehead atoms. The number of anilines is 1. The van der Waals surface area contributed by atoms with Gasteiger partial charge in [0.1, 0.15) is 0 Å². The van der Waals surface area contributed by atoms with Gasteiger partial charge in [-0.1, -0.05) is 5.16 Å². The number of carbonyl (C=O) groups excluding carboxylic acids is 2. The zero-order valence-electron chi connectivity index (χ0n) is 13.3. The van der Waals surface area contributed by atoms with Gasteiger partial charge >= 0.3 is 11.9 Å². The van der Waals surface area contributed by atoms with Gasteiger partial charge in [-0.15, -0.1) is 0 Å². The van der Waals surface area contributed by atoms with Gasteiger partial charge in [-0.25, -0.2) is 9.59 Å². The molecule has 0 spiro atoms. The van der Waals surface area contributed by atoms with Crippen LogP contribution in [0.2, 0.25) is 0 Å². The molecule has 24 heavy (non-hydrogen) atoms. The van der Waals surface area contributed by atoms with Crippen LogP contribution in [0.3, 0.4) is 0 Å². The number of carbonyl (C=O) groups is 2. The highest BCUT2D eigenvalue weighted by Crippen LogP contribution is 2.23. The summed E-state index contributed by atoms with van der Waals surface area (Å²) in [5.41, 5.74) is 1.21. The second-order valence-corrected chi connectivity index (χ2v) is 5.61. The molecule has 2 heterocycles. The number of nitrogens with one attached hydrogen (secondary N) is 1. The predicted octanol–water partition coefficient (Wildman–Crippen LogP) is 2.18. The van der Waals surface area contributed by atoms with Gasteiger partial charge in [0.05, 0.1) is 0 Å². The fourth-order valence-corrected chi connectivity index (χ4v) is 2.06. The van der Waals surface area contributed by atoms with E-state index in [1.807, 2.05) is 0 Å². The van der Waals surface area contributed by atoms with Crippen molar-refractivity contribution >= 4 is 17.6 Å². The van der Waals surface area contributed by atoms with Gasteiger partial charge in [0.25, 0.3) is 11.7 Å². The Kier molecular flexibility index (Phi) is 3.80. The lowest BCUT2D eigenvalue weighted by Gasteiger charge is -2.29. The highest BCUT2D eigenvalue weighted by molar-refractivity contribution is 6.15. The Morgan fingerprint density at radius 3 is 2.25 bits per heavy atom. The van der Waals surface area contributed by atoms with Crippen LogP contribution in [-0.2, 0) is 19.1 Å². The summed E-state index contributed by atoms with van der Waals surface area (Å²) in [4.78, 5) is 27.8. The summed E-state index contributed by atoms with van der Waals surface area (Å²) in [7, 11) is 0. The lowest BCUT2D eigenvalue weighted by Crippen LogP contribution is -2.42. The van der Waals surface area contributed by atoms with Gasteiger partial charge in [0.2, 0.25) is 0 Å². The molecule has 1 aliphatic heterocycles. The maximum Gasteiger partial charge on any atom is 0.350 e. The van der Waals surface area contributed by atoms with Gasteiger partial charge < -0.3 is 19.3 Å². The molecule has 1 fully saturated rings. The minimum absolute atomic E-state index is 0.203. The van der Waals surface area contributed by atoms with Crippen molar-refractivity contribution in [3.8, 4) is 11.5 Å². The number of nitrogens with zero attached hydrogens (tertiary/aromatic N) is 2. The van der Waals surface area contributed by atoms with Crippen molar-refractivity contribution in [2.75, 3.05) is 5.32 Å². The van der Waals surface area contributed by atoms with E-state index < -0.39 is 17.7 Å². The molecule has 8 nitrogen and oxygen atoms in total. The van der Waals surface area contributed by atoms with Crippen LogP contribution in [0.4, 0.5) is 5.69 Å². The first-order valence-electron chi connectivity index (χ1n) is 7.18. The average molecular weight is 329 g/mol. The minimum Gasteiger partial charge on any atom is -0.419 e. The number of rotatable bonds is 3. The number of aromatic nitrogens is 2.